The molecule has 0 aliphatic rings. The molecule has 0 fully saturated rings. The molecule has 31 heavy (non-hydrogen) atoms. The van der Waals surface area contributed by atoms with Crippen LogP contribution in [0.3, 0.4) is 0 Å². The van der Waals surface area contributed by atoms with E-state index in [0.717, 1.165) is 27.3 Å². The second-order valence-electron chi connectivity index (χ2n) is 7.15. The highest BCUT2D eigenvalue weighted by molar-refractivity contribution is 7.71. The number of aryl methyl sites for hydroxylation is 1. The zero-order chi connectivity index (χ0) is 21.4. The second-order valence-corrected chi connectivity index (χ2v) is 8.41. The molecule has 3 aromatic heterocycles. The minimum atomic E-state index is -0.180. The van der Waals surface area contributed by atoms with Gasteiger partial charge in [-0.2, -0.15) is 5.10 Å². The third-order valence-electron chi connectivity index (χ3n) is 4.93. The number of rotatable bonds is 5. The lowest BCUT2D eigenvalue weighted by Crippen LogP contribution is -2.19. The van der Waals surface area contributed by atoms with Gasteiger partial charge in [0, 0.05) is 34.6 Å². The Bertz CT molecular complexity index is 1390. The average molecular weight is 447 g/mol. The molecule has 2 aromatic carbocycles. The first kappa shape index (κ1) is 19.4. The minimum absolute atomic E-state index is 0.0671. The van der Waals surface area contributed by atoms with Crippen molar-refractivity contribution in [2.75, 3.05) is 5.32 Å². The lowest BCUT2D eigenvalue weighted by Gasteiger charge is -2.09. The zero-order valence-corrected chi connectivity index (χ0v) is 18.2. The molecule has 154 valence electrons. The summed E-state index contributed by atoms with van der Waals surface area (Å²) in [5.41, 5.74) is 4.66. The predicted molar refractivity (Wildman–Crippen MR) is 125 cm³/mol. The minimum Gasteiger partial charge on any atom is -0.325 e. The molecular weight excluding hydrogens is 428 g/mol. The van der Waals surface area contributed by atoms with Gasteiger partial charge in [-0.15, -0.1) is 11.3 Å². The fraction of sp³-hybridized carbons (Fsp3) is 0.0909. The number of amides is 1. The molecule has 0 unspecified atom stereocenters. The third kappa shape index (κ3) is 3.92. The Balaban J connectivity index is 1.31. The summed E-state index contributed by atoms with van der Waals surface area (Å²) < 4.78 is 4.10. The van der Waals surface area contributed by atoms with Crippen molar-refractivity contribution in [3.63, 3.8) is 0 Å². The summed E-state index contributed by atoms with van der Waals surface area (Å²) in [6, 6.07) is 15.6. The fourth-order valence-electron chi connectivity index (χ4n) is 3.32. The number of hydrogen-bond acceptors (Lipinski definition) is 5. The molecule has 0 saturated heterocycles. The third-order valence-corrected chi connectivity index (χ3v) is 6.01. The van der Waals surface area contributed by atoms with Crippen LogP contribution in [0.25, 0.3) is 27.6 Å². The van der Waals surface area contributed by atoms with Crippen molar-refractivity contribution in [3.05, 3.63) is 76.6 Å². The number of carbonyl (C=O) groups is 1. The van der Waals surface area contributed by atoms with Gasteiger partial charge in [-0.05, 0) is 31.3 Å². The van der Waals surface area contributed by atoms with Crippen LogP contribution in [-0.4, -0.2) is 30.1 Å². The molecule has 0 saturated carbocycles. The van der Waals surface area contributed by atoms with Gasteiger partial charge in [0.15, 0.2) is 15.6 Å². The molecule has 0 bridgehead atoms. The lowest BCUT2D eigenvalue weighted by atomic mass is 10.1. The van der Waals surface area contributed by atoms with Crippen molar-refractivity contribution in [2.45, 2.75) is 13.5 Å². The first-order valence-electron chi connectivity index (χ1n) is 9.61. The van der Waals surface area contributed by atoms with Gasteiger partial charge < -0.3 is 5.32 Å². The molecule has 7 nitrogen and oxygen atoms in total. The number of nitrogens with zero attached hydrogens (tertiary/aromatic N) is 4. The number of nitrogens with one attached hydrogen (secondary N) is 2. The molecule has 1 amide bonds. The van der Waals surface area contributed by atoms with Gasteiger partial charge in [0.2, 0.25) is 5.91 Å². The number of H-pyrrole nitrogens is 1. The highest BCUT2D eigenvalue weighted by Gasteiger charge is 2.13. The number of anilines is 1. The number of thiazole rings is 1. The molecule has 0 aliphatic heterocycles. The summed E-state index contributed by atoms with van der Waals surface area (Å²) in [5.74, 6) is 0.455. The Morgan fingerprint density at radius 3 is 2.61 bits per heavy atom. The van der Waals surface area contributed by atoms with Crippen LogP contribution in [0.4, 0.5) is 5.69 Å². The molecule has 2 N–H and O–H groups in total. The molecule has 9 heteroatoms. The van der Waals surface area contributed by atoms with Crippen LogP contribution in [0, 0.1) is 11.7 Å². The van der Waals surface area contributed by atoms with Crippen LogP contribution >= 0.6 is 23.6 Å². The van der Waals surface area contributed by atoms with Crippen LogP contribution in [0.2, 0.25) is 0 Å². The van der Waals surface area contributed by atoms with Crippen LogP contribution in [0.1, 0.15) is 5.56 Å². The fourth-order valence-corrected chi connectivity index (χ4v) is 4.22. The standard InChI is InChI=1S/C22H18N6OS2/c1-14-2-4-16(5-3-14)20-25-26-21(30)28(20)13-19(29)23-17-8-6-15(7-9-17)18-12-27-10-11-31-22(27)24-18/h2-12H,13H2,1H3,(H,23,29)(H,26,30). The number of hydrogen-bond donors (Lipinski definition) is 2. The van der Waals surface area contributed by atoms with Gasteiger partial charge in [-0.25, -0.2) is 4.98 Å². The summed E-state index contributed by atoms with van der Waals surface area (Å²) >= 11 is 6.92. The van der Waals surface area contributed by atoms with E-state index >= 15 is 0 Å². The molecule has 5 aromatic rings. The Morgan fingerprint density at radius 2 is 1.87 bits per heavy atom. The molecule has 0 atom stereocenters. The van der Waals surface area contributed by atoms with Crippen molar-refractivity contribution in [2.24, 2.45) is 0 Å². The molecule has 5 rings (SSSR count). The summed E-state index contributed by atoms with van der Waals surface area (Å²) in [4.78, 5) is 18.2. The van der Waals surface area contributed by atoms with Gasteiger partial charge in [0.25, 0.3) is 0 Å². The maximum atomic E-state index is 12.7. The Hall–Kier alpha value is -3.56. The van der Waals surface area contributed by atoms with Crippen molar-refractivity contribution in [1.29, 1.82) is 0 Å². The smallest absolute Gasteiger partial charge is 0.244 e. The van der Waals surface area contributed by atoms with Gasteiger partial charge in [-0.1, -0.05) is 42.0 Å². The molecule has 0 spiro atoms. The van der Waals surface area contributed by atoms with Crippen LogP contribution in [-0.2, 0) is 11.3 Å². The van der Waals surface area contributed by atoms with E-state index in [1.165, 1.54) is 0 Å². The number of benzene rings is 2. The van der Waals surface area contributed by atoms with Gasteiger partial charge in [0.05, 0.1) is 5.69 Å². The van der Waals surface area contributed by atoms with Crippen LogP contribution < -0.4 is 5.32 Å². The number of fused-ring (bicyclic) bond motifs is 1. The summed E-state index contributed by atoms with van der Waals surface area (Å²) in [6.07, 6.45) is 3.98. The number of aromatic nitrogens is 5. The Kier molecular flexibility index (Phi) is 4.97. The van der Waals surface area contributed by atoms with Crippen LogP contribution in [0.5, 0.6) is 0 Å². The van der Waals surface area contributed by atoms with Gasteiger partial charge in [0.1, 0.15) is 6.54 Å². The topological polar surface area (TPSA) is 80.0 Å². The van der Waals surface area contributed by atoms with Crippen molar-refractivity contribution in [3.8, 4) is 22.6 Å². The molecule has 0 aliphatic carbocycles. The van der Waals surface area contributed by atoms with E-state index in [1.807, 2.05) is 77.6 Å². The average Bonchev–Trinajstić information content (AvgIpc) is 3.45. The summed E-state index contributed by atoms with van der Waals surface area (Å²) in [5, 5.41) is 12.0. The summed E-state index contributed by atoms with van der Waals surface area (Å²) in [7, 11) is 0. The number of carbonyl (C=O) groups excluding carboxylic acids is 1. The van der Waals surface area contributed by atoms with Crippen molar-refractivity contribution in [1.82, 2.24) is 24.1 Å². The molecular formula is C22H18N6OS2. The van der Waals surface area contributed by atoms with E-state index in [2.05, 4.69) is 20.5 Å². The van der Waals surface area contributed by atoms with E-state index in [4.69, 9.17) is 12.2 Å². The van der Waals surface area contributed by atoms with E-state index < -0.39 is 0 Å². The largest absolute Gasteiger partial charge is 0.325 e. The predicted octanol–water partition coefficient (Wildman–Crippen LogP) is 4.93. The number of aromatic amines is 1. The van der Waals surface area contributed by atoms with Crippen LogP contribution in [0.15, 0.2) is 66.3 Å². The normalized spacial score (nSPS) is 11.1. The van der Waals surface area contributed by atoms with E-state index in [1.54, 1.807) is 15.9 Å². The lowest BCUT2D eigenvalue weighted by molar-refractivity contribution is -0.116. The quantitative estimate of drug-likeness (QED) is 0.375. The summed E-state index contributed by atoms with van der Waals surface area (Å²) in [6.45, 7) is 2.09. The first-order chi connectivity index (χ1) is 15.1. The maximum Gasteiger partial charge on any atom is 0.244 e. The maximum absolute atomic E-state index is 12.7. The first-order valence-corrected chi connectivity index (χ1v) is 10.9. The van der Waals surface area contributed by atoms with Crippen molar-refractivity contribution < 1.29 is 4.79 Å². The zero-order valence-electron chi connectivity index (χ0n) is 16.6. The Morgan fingerprint density at radius 1 is 1.13 bits per heavy atom. The van der Waals surface area contributed by atoms with E-state index in [9.17, 15) is 4.79 Å². The second kappa shape index (κ2) is 7.93. The molecule has 3 heterocycles. The monoisotopic (exact) mass is 446 g/mol. The SMILES string of the molecule is Cc1ccc(-c2n[nH]c(=S)n2CC(=O)Nc2ccc(-c3cn4ccsc4n3)cc2)cc1. The van der Waals surface area contributed by atoms with E-state index in [-0.39, 0.29) is 12.5 Å². The highest BCUT2D eigenvalue weighted by Crippen LogP contribution is 2.23. The Labute approximate surface area is 187 Å². The molecule has 0 radical (unpaired) electrons. The van der Waals surface area contributed by atoms with Crippen molar-refractivity contribution >= 4 is 40.1 Å². The number of imidazole rings is 1. The highest BCUT2D eigenvalue weighted by atomic mass is 32.1. The van der Waals surface area contributed by atoms with E-state index in [0.29, 0.717) is 16.3 Å². The van der Waals surface area contributed by atoms with Gasteiger partial charge in [-0.3, -0.25) is 18.9 Å². The van der Waals surface area contributed by atoms with Gasteiger partial charge >= 0.3 is 0 Å².